The summed E-state index contributed by atoms with van der Waals surface area (Å²) in [7, 11) is 2.22. The molecule has 0 aliphatic carbocycles. The highest BCUT2D eigenvalue weighted by Gasteiger charge is 2.01. The molecule has 0 unspecified atom stereocenters. The average molecular weight is 214 g/mol. The van der Waals surface area contributed by atoms with Gasteiger partial charge in [-0.15, -0.1) is 0 Å². The van der Waals surface area contributed by atoms with Crippen molar-refractivity contribution < 1.29 is 0 Å². The topological polar surface area (TPSA) is 15.3 Å². The van der Waals surface area contributed by atoms with Crippen molar-refractivity contribution in [2.45, 2.75) is 58.9 Å². The predicted octanol–water partition coefficient (Wildman–Crippen LogP) is 2.89. The van der Waals surface area contributed by atoms with Crippen LogP contribution in [0, 0.1) is 0 Å². The first kappa shape index (κ1) is 14.9. The minimum absolute atomic E-state index is 0.691. The highest BCUT2D eigenvalue weighted by Crippen LogP contribution is 2.02. The molecule has 0 amide bonds. The van der Waals surface area contributed by atoms with Gasteiger partial charge in [-0.1, -0.05) is 19.8 Å². The summed E-state index contributed by atoms with van der Waals surface area (Å²) in [5, 5.41) is 3.44. The van der Waals surface area contributed by atoms with Gasteiger partial charge in [0.1, 0.15) is 0 Å². The lowest BCUT2D eigenvalue weighted by molar-refractivity contribution is 0.267. The quantitative estimate of drug-likeness (QED) is 0.563. The summed E-state index contributed by atoms with van der Waals surface area (Å²) in [4.78, 5) is 2.43. The van der Waals surface area contributed by atoms with Gasteiger partial charge < -0.3 is 10.2 Å². The molecule has 0 saturated heterocycles. The summed E-state index contributed by atoms with van der Waals surface area (Å²) >= 11 is 0. The molecule has 0 aromatic carbocycles. The van der Waals surface area contributed by atoms with Gasteiger partial charge >= 0.3 is 0 Å². The van der Waals surface area contributed by atoms with Crippen LogP contribution in [0.2, 0.25) is 0 Å². The van der Waals surface area contributed by atoms with Crippen LogP contribution in [0.15, 0.2) is 0 Å². The second-order valence-corrected chi connectivity index (χ2v) is 4.74. The third-order valence-electron chi connectivity index (χ3n) is 2.92. The number of nitrogens with one attached hydrogen (secondary N) is 1. The molecular weight excluding hydrogens is 184 g/mol. The fourth-order valence-electron chi connectivity index (χ4n) is 1.52. The lowest BCUT2D eigenvalue weighted by atomic mass is 10.2. The first-order valence-electron chi connectivity index (χ1n) is 6.59. The van der Waals surface area contributed by atoms with Crippen LogP contribution < -0.4 is 5.32 Å². The monoisotopic (exact) mass is 214 g/mol. The van der Waals surface area contributed by atoms with Gasteiger partial charge in [0.15, 0.2) is 0 Å². The first-order chi connectivity index (χ1) is 7.18. The molecule has 0 bridgehead atoms. The van der Waals surface area contributed by atoms with Gasteiger partial charge in [-0.05, 0) is 59.8 Å². The van der Waals surface area contributed by atoms with Crippen LogP contribution >= 0.6 is 0 Å². The maximum Gasteiger partial charge on any atom is 0.00355 e. The van der Waals surface area contributed by atoms with Gasteiger partial charge in [0.25, 0.3) is 0 Å². The molecule has 15 heavy (non-hydrogen) atoms. The normalized spacial score (nSPS) is 11.6. The van der Waals surface area contributed by atoms with Gasteiger partial charge in [0.2, 0.25) is 0 Å². The van der Waals surface area contributed by atoms with Crippen molar-refractivity contribution in [2.75, 3.05) is 26.7 Å². The van der Waals surface area contributed by atoms with E-state index in [1.165, 1.54) is 51.7 Å². The lowest BCUT2D eigenvalue weighted by Crippen LogP contribution is -2.27. The van der Waals surface area contributed by atoms with E-state index in [1.807, 2.05) is 0 Å². The molecule has 0 radical (unpaired) electrons. The fourth-order valence-corrected chi connectivity index (χ4v) is 1.52. The van der Waals surface area contributed by atoms with Gasteiger partial charge in [0, 0.05) is 6.04 Å². The molecule has 0 aromatic heterocycles. The molecule has 0 atom stereocenters. The van der Waals surface area contributed by atoms with Crippen LogP contribution in [0.5, 0.6) is 0 Å². The zero-order valence-corrected chi connectivity index (χ0v) is 11.2. The first-order valence-corrected chi connectivity index (χ1v) is 6.59. The Balaban J connectivity index is 3.05. The van der Waals surface area contributed by atoms with Crippen molar-refractivity contribution in [1.29, 1.82) is 0 Å². The minimum atomic E-state index is 0.691. The third kappa shape index (κ3) is 10.2. The molecule has 0 saturated carbocycles. The number of hydrogen-bond donors (Lipinski definition) is 1. The van der Waals surface area contributed by atoms with Crippen LogP contribution in [0.3, 0.4) is 0 Å². The molecule has 0 aliphatic heterocycles. The molecule has 2 heteroatoms. The molecule has 2 nitrogen and oxygen atoms in total. The number of nitrogens with zero attached hydrogens (tertiary/aromatic N) is 1. The molecule has 0 fully saturated rings. The van der Waals surface area contributed by atoms with E-state index < -0.39 is 0 Å². The van der Waals surface area contributed by atoms with Crippen molar-refractivity contribution in [2.24, 2.45) is 0 Å². The molecular formula is C13H30N2. The van der Waals surface area contributed by atoms with E-state index in [2.05, 4.69) is 38.0 Å². The maximum atomic E-state index is 3.44. The Morgan fingerprint density at radius 3 is 2.27 bits per heavy atom. The van der Waals surface area contributed by atoms with Gasteiger partial charge in [-0.25, -0.2) is 0 Å². The van der Waals surface area contributed by atoms with Crippen molar-refractivity contribution in [3.8, 4) is 0 Å². The van der Waals surface area contributed by atoms with Crippen molar-refractivity contribution >= 4 is 0 Å². The number of rotatable bonds is 10. The van der Waals surface area contributed by atoms with E-state index in [0.29, 0.717) is 6.04 Å². The average Bonchev–Trinajstić information content (AvgIpc) is 2.21. The van der Waals surface area contributed by atoms with Crippen LogP contribution in [0.1, 0.15) is 52.9 Å². The summed E-state index contributed by atoms with van der Waals surface area (Å²) in [6.07, 6.45) is 6.69. The third-order valence-corrected chi connectivity index (χ3v) is 2.92. The zero-order valence-electron chi connectivity index (χ0n) is 11.2. The molecule has 0 rings (SSSR count). The van der Waals surface area contributed by atoms with E-state index in [1.54, 1.807) is 0 Å². The van der Waals surface area contributed by atoms with E-state index in [0.717, 1.165) is 0 Å². The summed E-state index contributed by atoms with van der Waals surface area (Å²) in [5.74, 6) is 0. The largest absolute Gasteiger partial charge is 0.317 e. The van der Waals surface area contributed by atoms with Gasteiger partial charge in [-0.3, -0.25) is 0 Å². The summed E-state index contributed by atoms with van der Waals surface area (Å²) in [6, 6.07) is 0.691. The summed E-state index contributed by atoms with van der Waals surface area (Å²) < 4.78 is 0. The number of unbranched alkanes of at least 4 members (excludes halogenated alkanes) is 3. The van der Waals surface area contributed by atoms with E-state index in [-0.39, 0.29) is 0 Å². The Hall–Kier alpha value is -0.0800. The standard InChI is InChI=1S/C13H30N2/c1-5-10-14-11-8-6-7-9-12-15(4)13(2)3/h13-14H,5-12H2,1-4H3. The zero-order chi connectivity index (χ0) is 11.5. The van der Waals surface area contributed by atoms with E-state index in [9.17, 15) is 0 Å². The lowest BCUT2D eigenvalue weighted by Gasteiger charge is -2.20. The van der Waals surface area contributed by atoms with Crippen LogP contribution in [0.25, 0.3) is 0 Å². The summed E-state index contributed by atoms with van der Waals surface area (Å²) in [5.41, 5.74) is 0. The highest BCUT2D eigenvalue weighted by molar-refractivity contribution is 4.57. The molecule has 0 aliphatic rings. The second kappa shape index (κ2) is 10.4. The van der Waals surface area contributed by atoms with E-state index >= 15 is 0 Å². The van der Waals surface area contributed by atoms with E-state index in [4.69, 9.17) is 0 Å². The minimum Gasteiger partial charge on any atom is -0.317 e. The molecule has 1 N–H and O–H groups in total. The Bertz CT molecular complexity index is 124. The maximum absolute atomic E-state index is 3.44. The molecule has 0 aromatic rings. The highest BCUT2D eigenvalue weighted by atomic mass is 15.1. The van der Waals surface area contributed by atoms with Crippen LogP contribution in [0.4, 0.5) is 0 Å². The van der Waals surface area contributed by atoms with Crippen molar-refractivity contribution in [3.05, 3.63) is 0 Å². The SMILES string of the molecule is CCCNCCCCCCN(C)C(C)C. The Morgan fingerprint density at radius 2 is 1.67 bits per heavy atom. The Morgan fingerprint density at radius 1 is 1.00 bits per heavy atom. The second-order valence-electron chi connectivity index (χ2n) is 4.74. The van der Waals surface area contributed by atoms with Gasteiger partial charge in [-0.2, -0.15) is 0 Å². The predicted molar refractivity (Wildman–Crippen MR) is 69.4 cm³/mol. The Kier molecular flexibility index (Phi) is 10.4. The van der Waals surface area contributed by atoms with Crippen molar-refractivity contribution in [3.63, 3.8) is 0 Å². The number of hydrogen-bond acceptors (Lipinski definition) is 2. The van der Waals surface area contributed by atoms with Gasteiger partial charge in [0.05, 0.1) is 0 Å². The smallest absolute Gasteiger partial charge is 0.00355 e. The molecule has 0 spiro atoms. The van der Waals surface area contributed by atoms with Crippen LogP contribution in [-0.2, 0) is 0 Å². The molecule has 92 valence electrons. The summed E-state index contributed by atoms with van der Waals surface area (Å²) in [6.45, 7) is 10.4. The fraction of sp³-hybridized carbons (Fsp3) is 1.00. The molecule has 0 heterocycles. The Labute approximate surface area is 96.4 Å². The van der Waals surface area contributed by atoms with Crippen LogP contribution in [-0.4, -0.2) is 37.6 Å². The van der Waals surface area contributed by atoms with Crippen molar-refractivity contribution in [1.82, 2.24) is 10.2 Å².